The van der Waals surface area contributed by atoms with Crippen molar-refractivity contribution in [1.29, 1.82) is 0 Å². The van der Waals surface area contributed by atoms with E-state index < -0.39 is 12.0 Å². The van der Waals surface area contributed by atoms with Crippen LogP contribution < -0.4 is 0 Å². The third-order valence-electron chi connectivity index (χ3n) is 2.81. The Balaban J connectivity index is 1.93. The molecule has 0 aliphatic heterocycles. The van der Waals surface area contributed by atoms with Crippen molar-refractivity contribution in [3.05, 3.63) is 46.7 Å². The number of benzene rings is 1. The quantitative estimate of drug-likeness (QED) is 0.659. The number of thioether (sulfide) groups is 1. The van der Waals surface area contributed by atoms with Crippen LogP contribution in [0, 0.1) is 6.92 Å². The van der Waals surface area contributed by atoms with Gasteiger partial charge < -0.3 is 0 Å². The molecule has 0 unspecified atom stereocenters. The Kier molecular flexibility index (Phi) is 3.69. The average Bonchev–Trinajstić information content (AvgIpc) is 3.00. The van der Waals surface area contributed by atoms with E-state index in [1.54, 1.807) is 31.2 Å². The molecular formula is C13H8F3N3OS2. The number of hydrogen-bond donors (Lipinski definition) is 0. The van der Waals surface area contributed by atoms with Gasteiger partial charge in [-0.15, -0.1) is 5.10 Å². The third kappa shape index (κ3) is 2.73. The fraction of sp³-hybridized carbons (Fsp3) is 0.154. The Hall–Kier alpha value is -1.87. The van der Waals surface area contributed by atoms with Gasteiger partial charge in [0, 0.05) is 4.90 Å². The molecule has 0 fully saturated rings. The average molecular weight is 343 g/mol. The molecule has 114 valence electrons. The highest BCUT2D eigenvalue weighted by atomic mass is 32.2. The minimum Gasteiger partial charge on any atom is -0.280 e. The van der Waals surface area contributed by atoms with Gasteiger partial charge in [-0.25, -0.2) is 4.52 Å². The van der Waals surface area contributed by atoms with Crippen molar-refractivity contribution in [2.45, 2.75) is 18.0 Å². The summed E-state index contributed by atoms with van der Waals surface area (Å²) in [6.07, 6.45) is -4.60. The molecule has 3 aromatic rings. The predicted octanol–water partition coefficient (Wildman–Crippen LogP) is 4.05. The lowest BCUT2D eigenvalue weighted by atomic mass is 10.4. The number of fused-ring (bicyclic) bond motifs is 1. The molecule has 0 aliphatic carbocycles. The van der Waals surface area contributed by atoms with E-state index in [0.29, 0.717) is 10.6 Å². The van der Waals surface area contributed by atoms with Gasteiger partial charge in [-0.1, -0.05) is 29.5 Å². The molecule has 0 bridgehead atoms. The maximum absolute atomic E-state index is 12.6. The van der Waals surface area contributed by atoms with Crippen LogP contribution >= 0.6 is 23.1 Å². The van der Waals surface area contributed by atoms with Crippen LogP contribution in [0.3, 0.4) is 0 Å². The maximum atomic E-state index is 12.6. The molecule has 0 saturated carbocycles. The molecule has 9 heteroatoms. The fourth-order valence-electron chi connectivity index (χ4n) is 1.80. The highest BCUT2D eigenvalue weighted by molar-refractivity contribution is 8.14. The second-order valence-corrected chi connectivity index (χ2v) is 6.37. The topological polar surface area (TPSA) is 47.3 Å². The number of aromatic nitrogens is 3. The zero-order valence-electron chi connectivity index (χ0n) is 11.1. The SMILES string of the molecule is Cc1c(C(=O)Sc2ccccc2)sc2nc(C(F)(F)F)nn12. The summed E-state index contributed by atoms with van der Waals surface area (Å²) in [5.74, 6) is -1.20. The first-order chi connectivity index (χ1) is 10.4. The van der Waals surface area contributed by atoms with E-state index in [1.807, 2.05) is 6.07 Å². The van der Waals surface area contributed by atoms with Crippen molar-refractivity contribution in [1.82, 2.24) is 14.6 Å². The summed E-state index contributed by atoms with van der Waals surface area (Å²) >= 11 is 1.93. The van der Waals surface area contributed by atoms with Crippen LogP contribution in [0.4, 0.5) is 13.2 Å². The molecule has 1 aromatic carbocycles. The molecule has 3 rings (SSSR count). The molecule has 0 saturated heterocycles. The molecule has 4 nitrogen and oxygen atoms in total. The Morgan fingerprint density at radius 1 is 1.27 bits per heavy atom. The zero-order chi connectivity index (χ0) is 15.9. The van der Waals surface area contributed by atoms with Crippen LogP contribution in [0.25, 0.3) is 4.96 Å². The minimum atomic E-state index is -4.60. The number of halogens is 3. The summed E-state index contributed by atoms with van der Waals surface area (Å²) < 4.78 is 38.8. The predicted molar refractivity (Wildman–Crippen MR) is 77.2 cm³/mol. The number of thiazole rings is 1. The van der Waals surface area contributed by atoms with E-state index in [4.69, 9.17) is 0 Å². The summed E-state index contributed by atoms with van der Waals surface area (Å²) in [7, 11) is 0. The van der Waals surface area contributed by atoms with Gasteiger partial charge in [-0.05, 0) is 30.8 Å². The largest absolute Gasteiger partial charge is 0.453 e. The smallest absolute Gasteiger partial charge is 0.280 e. The van der Waals surface area contributed by atoms with Crippen LogP contribution in [-0.2, 0) is 6.18 Å². The number of hydrogen-bond acceptors (Lipinski definition) is 5. The summed E-state index contributed by atoms with van der Waals surface area (Å²) in [5, 5.41) is 3.18. The van der Waals surface area contributed by atoms with Crippen LogP contribution in [-0.4, -0.2) is 19.7 Å². The van der Waals surface area contributed by atoms with Crippen molar-refractivity contribution in [2.24, 2.45) is 0 Å². The minimum absolute atomic E-state index is 0.0573. The van der Waals surface area contributed by atoms with E-state index in [1.165, 1.54) is 0 Å². The number of carbonyl (C=O) groups excluding carboxylic acids is 1. The van der Waals surface area contributed by atoms with Gasteiger partial charge >= 0.3 is 6.18 Å². The van der Waals surface area contributed by atoms with Crippen molar-refractivity contribution >= 4 is 33.2 Å². The first-order valence-electron chi connectivity index (χ1n) is 6.07. The Labute approximate surface area is 131 Å². The van der Waals surface area contributed by atoms with E-state index in [9.17, 15) is 18.0 Å². The summed E-state index contributed by atoms with van der Waals surface area (Å²) in [4.78, 5) is 16.9. The van der Waals surface area contributed by atoms with E-state index >= 15 is 0 Å². The number of carbonyl (C=O) groups is 1. The van der Waals surface area contributed by atoms with Gasteiger partial charge in [0.25, 0.3) is 5.82 Å². The second kappa shape index (κ2) is 5.40. The summed E-state index contributed by atoms with van der Waals surface area (Å²) in [6.45, 7) is 1.55. The highest BCUT2D eigenvalue weighted by Crippen LogP contribution is 2.32. The van der Waals surface area contributed by atoms with E-state index in [0.717, 1.165) is 32.5 Å². The van der Waals surface area contributed by atoms with Crippen molar-refractivity contribution in [3.8, 4) is 0 Å². The number of rotatable bonds is 2. The van der Waals surface area contributed by atoms with Gasteiger partial charge in [0.2, 0.25) is 10.1 Å². The summed E-state index contributed by atoms with van der Waals surface area (Å²) in [6, 6.07) is 9.02. The Morgan fingerprint density at radius 3 is 2.55 bits per heavy atom. The third-order valence-corrected chi connectivity index (χ3v) is 4.97. The van der Waals surface area contributed by atoms with Gasteiger partial charge in [-0.3, -0.25) is 4.79 Å². The molecule has 22 heavy (non-hydrogen) atoms. The molecule has 0 radical (unpaired) electrons. The van der Waals surface area contributed by atoms with Crippen molar-refractivity contribution < 1.29 is 18.0 Å². The molecule has 0 aliphatic rings. The van der Waals surface area contributed by atoms with Crippen LogP contribution in [0.15, 0.2) is 35.2 Å². The first-order valence-corrected chi connectivity index (χ1v) is 7.70. The van der Waals surface area contributed by atoms with Crippen LogP contribution in [0.5, 0.6) is 0 Å². The molecule has 2 aromatic heterocycles. The molecule has 2 heterocycles. The van der Waals surface area contributed by atoms with E-state index in [-0.39, 0.29) is 10.1 Å². The van der Waals surface area contributed by atoms with Gasteiger partial charge in [0.15, 0.2) is 0 Å². The normalized spacial score (nSPS) is 12.0. The standard InChI is InChI=1S/C13H8F3N3OS2/c1-7-9(10(20)21-8-5-3-2-4-6-8)22-12-17-11(13(14,15)16)18-19(7)12/h2-6H,1H3. The van der Waals surface area contributed by atoms with Gasteiger partial charge in [0.05, 0.1) is 5.69 Å². The fourth-order valence-corrected chi connectivity index (χ4v) is 3.69. The van der Waals surface area contributed by atoms with Crippen LogP contribution in [0.1, 0.15) is 21.2 Å². The Morgan fingerprint density at radius 2 is 1.95 bits per heavy atom. The maximum Gasteiger partial charge on any atom is 0.453 e. The zero-order valence-corrected chi connectivity index (χ0v) is 12.7. The lowest BCUT2D eigenvalue weighted by Gasteiger charge is -2.00. The van der Waals surface area contributed by atoms with Gasteiger partial charge in [0.1, 0.15) is 4.88 Å². The highest BCUT2D eigenvalue weighted by Gasteiger charge is 2.37. The molecule has 0 spiro atoms. The second-order valence-electron chi connectivity index (χ2n) is 4.35. The summed E-state index contributed by atoms with van der Waals surface area (Å²) in [5.41, 5.74) is 0.358. The first kappa shape index (κ1) is 15.0. The molecule has 0 amide bonds. The molecular weight excluding hydrogens is 335 g/mol. The molecule has 0 atom stereocenters. The lowest BCUT2D eigenvalue weighted by Crippen LogP contribution is -2.08. The number of alkyl halides is 3. The van der Waals surface area contributed by atoms with Crippen molar-refractivity contribution in [3.63, 3.8) is 0 Å². The molecule has 0 N–H and O–H groups in total. The van der Waals surface area contributed by atoms with Crippen molar-refractivity contribution in [2.75, 3.05) is 0 Å². The monoisotopic (exact) mass is 343 g/mol. The number of nitrogens with zero attached hydrogens (tertiary/aromatic N) is 3. The van der Waals surface area contributed by atoms with Gasteiger partial charge in [-0.2, -0.15) is 18.2 Å². The van der Waals surface area contributed by atoms with E-state index in [2.05, 4.69) is 10.1 Å². The Bertz CT molecular complexity index is 839. The lowest BCUT2D eigenvalue weighted by molar-refractivity contribution is -0.144. The number of aryl methyl sites for hydroxylation is 1. The van der Waals surface area contributed by atoms with Crippen LogP contribution in [0.2, 0.25) is 0 Å².